The number of anilines is 1. The molecule has 0 aliphatic heterocycles. The summed E-state index contributed by atoms with van der Waals surface area (Å²) < 4.78 is 5.49. The third-order valence-electron chi connectivity index (χ3n) is 3.54. The van der Waals surface area contributed by atoms with Gasteiger partial charge < -0.3 is 15.8 Å². The largest absolute Gasteiger partial charge is 0.378 e. The molecular formula is C15H22N2O2. The summed E-state index contributed by atoms with van der Waals surface area (Å²) in [5.74, 6) is 0.556. The molecule has 1 saturated carbocycles. The van der Waals surface area contributed by atoms with Gasteiger partial charge in [-0.25, -0.2) is 0 Å². The third kappa shape index (κ3) is 4.04. The van der Waals surface area contributed by atoms with Gasteiger partial charge >= 0.3 is 0 Å². The van der Waals surface area contributed by atoms with E-state index in [4.69, 9.17) is 10.5 Å². The molecule has 104 valence electrons. The van der Waals surface area contributed by atoms with Gasteiger partial charge in [-0.2, -0.15) is 0 Å². The van der Waals surface area contributed by atoms with Crippen LogP contribution in [0.5, 0.6) is 0 Å². The SMILES string of the molecule is CCOC1CC(CC(=O)Nc2ccc(CN)cc2)C1. The summed E-state index contributed by atoms with van der Waals surface area (Å²) in [6, 6.07) is 7.65. The summed E-state index contributed by atoms with van der Waals surface area (Å²) in [5, 5.41) is 2.92. The van der Waals surface area contributed by atoms with E-state index in [9.17, 15) is 4.79 Å². The average Bonchev–Trinajstić information content (AvgIpc) is 2.37. The lowest BCUT2D eigenvalue weighted by atomic mass is 9.80. The molecule has 0 heterocycles. The van der Waals surface area contributed by atoms with E-state index in [0.29, 0.717) is 25.0 Å². The molecule has 0 aromatic heterocycles. The molecule has 2 rings (SSSR count). The molecule has 4 nitrogen and oxygen atoms in total. The molecular weight excluding hydrogens is 240 g/mol. The lowest BCUT2D eigenvalue weighted by molar-refractivity contribution is -0.119. The van der Waals surface area contributed by atoms with E-state index in [2.05, 4.69) is 5.32 Å². The van der Waals surface area contributed by atoms with E-state index in [0.717, 1.165) is 30.7 Å². The summed E-state index contributed by atoms with van der Waals surface area (Å²) in [6.45, 7) is 3.29. The number of benzene rings is 1. The average molecular weight is 262 g/mol. The number of carbonyl (C=O) groups excluding carboxylic acids is 1. The van der Waals surface area contributed by atoms with Crippen LogP contribution >= 0.6 is 0 Å². The topological polar surface area (TPSA) is 64.3 Å². The van der Waals surface area contributed by atoms with Crippen molar-refractivity contribution in [3.63, 3.8) is 0 Å². The smallest absolute Gasteiger partial charge is 0.224 e. The van der Waals surface area contributed by atoms with Gasteiger partial charge in [0.2, 0.25) is 5.91 Å². The van der Waals surface area contributed by atoms with Gasteiger partial charge in [0.1, 0.15) is 0 Å². The lowest BCUT2D eigenvalue weighted by Crippen LogP contribution is -2.33. The van der Waals surface area contributed by atoms with Gasteiger partial charge in [-0.3, -0.25) is 4.79 Å². The Morgan fingerprint density at radius 3 is 2.63 bits per heavy atom. The van der Waals surface area contributed by atoms with Crippen molar-refractivity contribution in [2.75, 3.05) is 11.9 Å². The van der Waals surface area contributed by atoms with Gasteiger partial charge in [-0.1, -0.05) is 12.1 Å². The summed E-state index contributed by atoms with van der Waals surface area (Å²) in [6.07, 6.45) is 2.97. The first kappa shape index (κ1) is 14.0. The van der Waals surface area contributed by atoms with Gasteiger partial charge in [0.25, 0.3) is 0 Å². The van der Waals surface area contributed by atoms with Crippen LogP contribution in [0.3, 0.4) is 0 Å². The van der Waals surface area contributed by atoms with Crippen LogP contribution in [0.15, 0.2) is 24.3 Å². The van der Waals surface area contributed by atoms with Gasteiger partial charge in [-0.05, 0) is 43.4 Å². The molecule has 1 fully saturated rings. The summed E-state index contributed by atoms with van der Waals surface area (Å²) in [7, 11) is 0. The number of ether oxygens (including phenoxy) is 1. The predicted octanol–water partition coefficient (Wildman–Crippen LogP) is 2.29. The predicted molar refractivity (Wildman–Crippen MR) is 75.7 cm³/mol. The molecule has 1 amide bonds. The fourth-order valence-electron chi connectivity index (χ4n) is 2.41. The van der Waals surface area contributed by atoms with E-state index in [1.54, 1.807) is 0 Å². The first-order valence-electron chi connectivity index (χ1n) is 6.91. The maximum Gasteiger partial charge on any atom is 0.224 e. The van der Waals surface area contributed by atoms with Gasteiger partial charge in [0, 0.05) is 25.3 Å². The Labute approximate surface area is 114 Å². The number of nitrogens with two attached hydrogens (primary N) is 1. The number of hydrogen-bond acceptors (Lipinski definition) is 3. The molecule has 0 spiro atoms. The third-order valence-corrected chi connectivity index (χ3v) is 3.54. The first-order chi connectivity index (χ1) is 9.21. The van der Waals surface area contributed by atoms with Crippen LogP contribution < -0.4 is 11.1 Å². The minimum atomic E-state index is 0.0837. The van der Waals surface area contributed by atoms with Crippen LogP contribution in [-0.4, -0.2) is 18.6 Å². The van der Waals surface area contributed by atoms with Gasteiger partial charge in [-0.15, -0.1) is 0 Å². The van der Waals surface area contributed by atoms with Crippen molar-refractivity contribution in [3.8, 4) is 0 Å². The zero-order chi connectivity index (χ0) is 13.7. The maximum absolute atomic E-state index is 11.9. The molecule has 0 radical (unpaired) electrons. The Balaban J connectivity index is 1.72. The van der Waals surface area contributed by atoms with Crippen molar-refractivity contribution >= 4 is 11.6 Å². The Hall–Kier alpha value is -1.39. The fraction of sp³-hybridized carbons (Fsp3) is 0.533. The molecule has 19 heavy (non-hydrogen) atoms. The van der Waals surface area contributed by atoms with Crippen LogP contribution in [0.25, 0.3) is 0 Å². The molecule has 1 aliphatic rings. The summed E-state index contributed by atoms with van der Waals surface area (Å²) in [5.41, 5.74) is 7.43. The van der Waals surface area contributed by atoms with Crippen molar-refractivity contribution in [1.29, 1.82) is 0 Å². The molecule has 1 aromatic rings. The number of nitrogens with one attached hydrogen (secondary N) is 1. The first-order valence-corrected chi connectivity index (χ1v) is 6.91. The second kappa shape index (κ2) is 6.68. The van der Waals surface area contributed by atoms with Crippen molar-refractivity contribution in [2.45, 2.75) is 38.8 Å². The van der Waals surface area contributed by atoms with E-state index in [1.807, 2.05) is 31.2 Å². The van der Waals surface area contributed by atoms with Crippen LogP contribution in [-0.2, 0) is 16.1 Å². The normalized spacial score (nSPS) is 21.8. The van der Waals surface area contributed by atoms with Crippen molar-refractivity contribution < 1.29 is 9.53 Å². The minimum absolute atomic E-state index is 0.0837. The second-order valence-corrected chi connectivity index (χ2v) is 5.07. The highest BCUT2D eigenvalue weighted by molar-refractivity contribution is 5.90. The Morgan fingerprint density at radius 1 is 1.37 bits per heavy atom. The van der Waals surface area contributed by atoms with Gasteiger partial charge in [0.15, 0.2) is 0 Å². The number of carbonyl (C=O) groups is 1. The molecule has 0 unspecified atom stereocenters. The van der Waals surface area contributed by atoms with Crippen molar-refractivity contribution in [3.05, 3.63) is 29.8 Å². The van der Waals surface area contributed by atoms with Crippen LogP contribution in [0.2, 0.25) is 0 Å². The number of rotatable bonds is 6. The quantitative estimate of drug-likeness (QED) is 0.826. The minimum Gasteiger partial charge on any atom is -0.378 e. The number of hydrogen-bond donors (Lipinski definition) is 2. The molecule has 0 atom stereocenters. The molecule has 0 saturated heterocycles. The molecule has 4 heteroatoms. The van der Waals surface area contributed by atoms with Crippen LogP contribution in [0.4, 0.5) is 5.69 Å². The standard InChI is InChI=1S/C15H22N2O2/c1-2-19-14-7-12(8-14)9-15(18)17-13-5-3-11(10-16)4-6-13/h3-6,12,14H,2,7-10,16H2,1H3,(H,17,18). The van der Waals surface area contributed by atoms with Crippen molar-refractivity contribution in [1.82, 2.24) is 0 Å². The zero-order valence-corrected chi connectivity index (χ0v) is 11.4. The van der Waals surface area contributed by atoms with E-state index >= 15 is 0 Å². The summed E-state index contributed by atoms with van der Waals surface area (Å²) >= 11 is 0. The molecule has 1 aromatic carbocycles. The summed E-state index contributed by atoms with van der Waals surface area (Å²) in [4.78, 5) is 11.9. The highest BCUT2D eigenvalue weighted by atomic mass is 16.5. The monoisotopic (exact) mass is 262 g/mol. The molecule has 0 bridgehead atoms. The highest BCUT2D eigenvalue weighted by Gasteiger charge is 2.30. The Bertz CT molecular complexity index is 411. The van der Waals surface area contributed by atoms with Crippen molar-refractivity contribution in [2.24, 2.45) is 11.7 Å². The fourth-order valence-corrected chi connectivity index (χ4v) is 2.41. The molecule has 1 aliphatic carbocycles. The number of amides is 1. The zero-order valence-electron chi connectivity index (χ0n) is 11.4. The Kier molecular flexibility index (Phi) is 4.93. The molecule has 3 N–H and O–H groups in total. The van der Waals surface area contributed by atoms with Crippen LogP contribution in [0.1, 0.15) is 31.7 Å². The van der Waals surface area contributed by atoms with Gasteiger partial charge in [0.05, 0.1) is 6.10 Å². The van der Waals surface area contributed by atoms with E-state index < -0.39 is 0 Å². The van der Waals surface area contributed by atoms with E-state index in [1.165, 1.54) is 0 Å². The van der Waals surface area contributed by atoms with Crippen LogP contribution in [0, 0.1) is 5.92 Å². The highest BCUT2D eigenvalue weighted by Crippen LogP contribution is 2.32. The second-order valence-electron chi connectivity index (χ2n) is 5.07. The lowest BCUT2D eigenvalue weighted by Gasteiger charge is -2.34. The van der Waals surface area contributed by atoms with E-state index in [-0.39, 0.29) is 5.91 Å². The Morgan fingerprint density at radius 2 is 2.05 bits per heavy atom. The maximum atomic E-state index is 11.9.